The van der Waals surface area contributed by atoms with Crippen molar-refractivity contribution in [1.29, 1.82) is 0 Å². The van der Waals surface area contributed by atoms with Gasteiger partial charge >= 0.3 is 0 Å². The van der Waals surface area contributed by atoms with Crippen LogP contribution in [0.3, 0.4) is 0 Å². The fraction of sp³-hybridized carbons (Fsp3) is 0.267. The maximum absolute atomic E-state index is 5.34. The van der Waals surface area contributed by atoms with Crippen molar-refractivity contribution < 1.29 is 9.47 Å². The monoisotopic (exact) mass is 303 g/mol. The normalized spacial score (nSPS) is 11.0. The van der Waals surface area contributed by atoms with Gasteiger partial charge in [-0.25, -0.2) is 0 Å². The molecule has 0 bridgehead atoms. The van der Waals surface area contributed by atoms with E-state index in [0.717, 1.165) is 22.9 Å². The first-order valence-corrected chi connectivity index (χ1v) is 7.52. The number of rotatable bonds is 6. The smallest absolute Gasteiger partial charge is 0.237 e. The lowest BCUT2D eigenvalue weighted by atomic mass is 10.2. The zero-order valence-corrected chi connectivity index (χ0v) is 12.8. The molecule has 2 heterocycles. The van der Waals surface area contributed by atoms with Crippen molar-refractivity contribution in [2.75, 3.05) is 14.2 Å². The maximum atomic E-state index is 5.34. The predicted molar refractivity (Wildman–Crippen MR) is 83.2 cm³/mol. The Labute approximate surface area is 127 Å². The van der Waals surface area contributed by atoms with Gasteiger partial charge in [-0.2, -0.15) is 4.98 Å². The van der Waals surface area contributed by atoms with Gasteiger partial charge in [0.15, 0.2) is 4.96 Å². The van der Waals surface area contributed by atoms with Crippen LogP contribution in [0.25, 0.3) is 4.96 Å². The molecule has 1 aromatic carbocycles. The van der Waals surface area contributed by atoms with Crippen LogP contribution in [0, 0.1) is 0 Å². The number of aromatic nitrogens is 2. The second kappa shape index (κ2) is 6.15. The predicted octanol–water partition coefficient (Wildman–Crippen LogP) is 2.70. The van der Waals surface area contributed by atoms with Crippen LogP contribution in [-0.2, 0) is 13.1 Å². The number of ether oxygens (including phenoxy) is 2. The Hall–Kier alpha value is -2.05. The number of hydrogen-bond donors (Lipinski definition) is 1. The first-order valence-electron chi connectivity index (χ1n) is 6.64. The number of fused-ring (bicyclic) bond motifs is 1. The number of benzene rings is 1. The van der Waals surface area contributed by atoms with Gasteiger partial charge in [-0.3, -0.25) is 4.40 Å². The maximum Gasteiger partial charge on any atom is 0.237 e. The molecular weight excluding hydrogens is 286 g/mol. The third-order valence-corrected chi connectivity index (χ3v) is 4.05. The summed E-state index contributed by atoms with van der Waals surface area (Å²) in [5.74, 6) is 1.56. The highest BCUT2D eigenvalue weighted by molar-refractivity contribution is 7.15. The quantitative estimate of drug-likeness (QED) is 0.760. The molecule has 5 nitrogen and oxygen atoms in total. The van der Waals surface area contributed by atoms with E-state index < -0.39 is 0 Å². The van der Waals surface area contributed by atoms with Crippen LogP contribution in [0.4, 0.5) is 0 Å². The standard InChI is InChI=1S/C15H17N3O2S/c1-19-12-5-3-11(4-6-12)9-16-10-13-14(20-2)17-15-18(13)7-8-21-15/h3-8,16H,9-10H2,1-2H3. The molecule has 0 aliphatic carbocycles. The molecule has 6 heteroatoms. The van der Waals surface area contributed by atoms with E-state index in [0.29, 0.717) is 12.4 Å². The molecule has 0 saturated heterocycles. The van der Waals surface area contributed by atoms with Crippen LogP contribution in [0.1, 0.15) is 11.3 Å². The van der Waals surface area contributed by atoms with Crippen molar-refractivity contribution in [2.24, 2.45) is 0 Å². The zero-order chi connectivity index (χ0) is 14.7. The second-order valence-corrected chi connectivity index (χ2v) is 5.45. The summed E-state index contributed by atoms with van der Waals surface area (Å²) in [6.45, 7) is 1.48. The number of imidazole rings is 1. The minimum Gasteiger partial charge on any atom is -0.497 e. The molecule has 0 saturated carbocycles. The summed E-state index contributed by atoms with van der Waals surface area (Å²) in [5, 5.41) is 5.44. The Morgan fingerprint density at radius 1 is 1.14 bits per heavy atom. The van der Waals surface area contributed by atoms with Crippen LogP contribution in [0.2, 0.25) is 0 Å². The molecule has 21 heavy (non-hydrogen) atoms. The molecule has 0 amide bonds. The Bertz CT molecular complexity index is 718. The lowest BCUT2D eigenvalue weighted by Crippen LogP contribution is -2.14. The van der Waals surface area contributed by atoms with Gasteiger partial charge < -0.3 is 14.8 Å². The summed E-state index contributed by atoms with van der Waals surface area (Å²) in [4.78, 5) is 5.39. The third kappa shape index (κ3) is 2.86. The fourth-order valence-electron chi connectivity index (χ4n) is 2.21. The van der Waals surface area contributed by atoms with Gasteiger partial charge in [0.25, 0.3) is 0 Å². The topological polar surface area (TPSA) is 47.8 Å². The van der Waals surface area contributed by atoms with Crippen LogP contribution in [0.5, 0.6) is 11.6 Å². The number of nitrogens with zero attached hydrogens (tertiary/aromatic N) is 2. The molecule has 1 N–H and O–H groups in total. The Kier molecular flexibility index (Phi) is 4.08. The molecule has 0 spiro atoms. The van der Waals surface area contributed by atoms with E-state index in [4.69, 9.17) is 9.47 Å². The van der Waals surface area contributed by atoms with Crippen LogP contribution >= 0.6 is 11.3 Å². The lowest BCUT2D eigenvalue weighted by Gasteiger charge is -2.07. The van der Waals surface area contributed by atoms with E-state index in [9.17, 15) is 0 Å². The van der Waals surface area contributed by atoms with Crippen molar-refractivity contribution in [1.82, 2.24) is 14.7 Å². The molecule has 0 aliphatic heterocycles. The number of methoxy groups -OCH3 is 2. The van der Waals surface area contributed by atoms with E-state index in [1.54, 1.807) is 25.6 Å². The first kappa shape index (κ1) is 13.9. The molecule has 3 aromatic rings. The van der Waals surface area contributed by atoms with Gasteiger partial charge in [-0.15, -0.1) is 11.3 Å². The van der Waals surface area contributed by atoms with Crippen molar-refractivity contribution in [3.05, 3.63) is 47.1 Å². The van der Waals surface area contributed by atoms with E-state index in [1.807, 2.05) is 23.7 Å². The van der Waals surface area contributed by atoms with E-state index in [-0.39, 0.29) is 0 Å². The van der Waals surface area contributed by atoms with Gasteiger partial charge in [-0.05, 0) is 17.7 Å². The van der Waals surface area contributed by atoms with Crippen molar-refractivity contribution in [3.63, 3.8) is 0 Å². The van der Waals surface area contributed by atoms with Crippen molar-refractivity contribution in [2.45, 2.75) is 13.1 Å². The summed E-state index contributed by atoms with van der Waals surface area (Å²) in [5.41, 5.74) is 2.25. The highest BCUT2D eigenvalue weighted by Crippen LogP contribution is 2.23. The number of hydrogen-bond acceptors (Lipinski definition) is 5. The minimum absolute atomic E-state index is 0.684. The highest BCUT2D eigenvalue weighted by Gasteiger charge is 2.12. The van der Waals surface area contributed by atoms with Gasteiger partial charge in [-0.1, -0.05) is 12.1 Å². The molecule has 3 rings (SSSR count). The van der Waals surface area contributed by atoms with Gasteiger partial charge in [0.2, 0.25) is 5.88 Å². The molecule has 2 aromatic heterocycles. The molecule has 0 radical (unpaired) electrons. The fourth-order valence-corrected chi connectivity index (χ4v) is 2.93. The zero-order valence-electron chi connectivity index (χ0n) is 12.0. The SMILES string of the molecule is COc1ccc(CNCc2c(OC)nc3sccn23)cc1. The van der Waals surface area contributed by atoms with Crippen LogP contribution < -0.4 is 14.8 Å². The Balaban J connectivity index is 1.66. The largest absolute Gasteiger partial charge is 0.497 e. The Morgan fingerprint density at radius 2 is 1.95 bits per heavy atom. The van der Waals surface area contributed by atoms with E-state index in [2.05, 4.69) is 26.8 Å². The van der Waals surface area contributed by atoms with Crippen LogP contribution in [-0.4, -0.2) is 23.6 Å². The third-order valence-electron chi connectivity index (χ3n) is 3.30. The number of thiazole rings is 1. The second-order valence-electron chi connectivity index (χ2n) is 4.57. The van der Waals surface area contributed by atoms with Crippen molar-refractivity contribution >= 4 is 16.3 Å². The number of nitrogens with one attached hydrogen (secondary N) is 1. The molecule has 0 fully saturated rings. The van der Waals surface area contributed by atoms with Gasteiger partial charge in [0, 0.05) is 24.7 Å². The summed E-state index contributed by atoms with van der Waals surface area (Å²) in [6, 6.07) is 8.04. The summed E-state index contributed by atoms with van der Waals surface area (Å²) >= 11 is 1.60. The average molecular weight is 303 g/mol. The highest BCUT2D eigenvalue weighted by atomic mass is 32.1. The summed E-state index contributed by atoms with van der Waals surface area (Å²) < 4.78 is 12.6. The lowest BCUT2D eigenvalue weighted by molar-refractivity contribution is 0.393. The minimum atomic E-state index is 0.684. The van der Waals surface area contributed by atoms with Crippen LogP contribution in [0.15, 0.2) is 35.8 Å². The van der Waals surface area contributed by atoms with Crippen molar-refractivity contribution in [3.8, 4) is 11.6 Å². The molecule has 0 aliphatic rings. The summed E-state index contributed by atoms with van der Waals surface area (Å²) in [6.07, 6.45) is 2.01. The van der Waals surface area contributed by atoms with E-state index in [1.165, 1.54) is 5.56 Å². The average Bonchev–Trinajstić information content (AvgIpc) is 3.09. The Morgan fingerprint density at radius 3 is 2.67 bits per heavy atom. The molecule has 0 unspecified atom stereocenters. The first-order chi connectivity index (χ1) is 10.3. The molecular formula is C15H17N3O2S. The van der Waals surface area contributed by atoms with E-state index >= 15 is 0 Å². The molecule has 110 valence electrons. The van der Waals surface area contributed by atoms with Gasteiger partial charge in [0.05, 0.1) is 14.2 Å². The molecule has 0 atom stereocenters. The van der Waals surface area contributed by atoms with Gasteiger partial charge in [0.1, 0.15) is 11.4 Å². The summed E-state index contributed by atoms with van der Waals surface area (Å²) in [7, 11) is 3.32.